The first kappa shape index (κ1) is 20.6. The molecule has 3 aromatic rings. The summed E-state index contributed by atoms with van der Waals surface area (Å²) in [6.07, 6.45) is 3.29. The van der Waals surface area contributed by atoms with Gasteiger partial charge in [0, 0.05) is 41.5 Å². The lowest BCUT2D eigenvalue weighted by Gasteiger charge is -2.17. The molecule has 0 amide bonds. The van der Waals surface area contributed by atoms with E-state index >= 15 is 0 Å². The molecule has 0 fully saturated rings. The lowest BCUT2D eigenvalue weighted by atomic mass is 10.0. The molecule has 7 heteroatoms. The molecule has 4 rings (SSSR count). The molecule has 0 aliphatic heterocycles. The number of fused-ring (bicyclic) bond motifs is 3. The molecule has 0 bridgehead atoms. The highest BCUT2D eigenvalue weighted by atomic mass is 35.5. The molecular formula is C23H20ClNO4S. The summed E-state index contributed by atoms with van der Waals surface area (Å²) in [6.45, 7) is 4.49. The van der Waals surface area contributed by atoms with E-state index in [1.54, 1.807) is 18.2 Å². The first-order valence-electron chi connectivity index (χ1n) is 9.56. The van der Waals surface area contributed by atoms with Gasteiger partial charge in [0.1, 0.15) is 0 Å². The highest BCUT2D eigenvalue weighted by Crippen LogP contribution is 2.43. The van der Waals surface area contributed by atoms with Gasteiger partial charge in [0.05, 0.1) is 17.5 Å². The summed E-state index contributed by atoms with van der Waals surface area (Å²) in [5.41, 5.74) is 5.27. The second kappa shape index (κ2) is 8.20. The Morgan fingerprint density at radius 3 is 2.67 bits per heavy atom. The standard InChI is InChI=1S/C23H20ClNO4S/c1-2-14-9-16(23(28)29-30)10-19-18-8-5-15(11-20(26)27)22(18)25(21(14)19)12-13-3-6-17(24)7-4-13/h2-4,6-7,9-10,15,30H,1,5,8,11-12H2,(H,26,27). The fourth-order valence-corrected chi connectivity index (χ4v) is 4.70. The van der Waals surface area contributed by atoms with E-state index in [4.69, 9.17) is 11.6 Å². The lowest BCUT2D eigenvalue weighted by molar-refractivity contribution is -0.137. The van der Waals surface area contributed by atoms with Gasteiger partial charge in [0.15, 0.2) is 0 Å². The number of thiol groups is 1. The first-order valence-corrected chi connectivity index (χ1v) is 10.3. The molecule has 0 spiro atoms. The molecule has 0 saturated carbocycles. The van der Waals surface area contributed by atoms with Crippen LogP contribution in [0.25, 0.3) is 17.0 Å². The molecule has 1 atom stereocenters. The van der Waals surface area contributed by atoms with E-state index in [2.05, 4.69) is 28.2 Å². The predicted molar refractivity (Wildman–Crippen MR) is 120 cm³/mol. The Bertz CT molecular complexity index is 1170. The quantitative estimate of drug-likeness (QED) is 0.392. The molecule has 0 saturated heterocycles. The van der Waals surface area contributed by atoms with Gasteiger partial charge in [0.2, 0.25) is 0 Å². The minimum Gasteiger partial charge on any atom is -0.481 e. The van der Waals surface area contributed by atoms with Crippen LogP contribution in [-0.2, 0) is 21.9 Å². The van der Waals surface area contributed by atoms with Crippen LogP contribution in [0.1, 0.15) is 51.5 Å². The van der Waals surface area contributed by atoms with Crippen molar-refractivity contribution in [3.63, 3.8) is 0 Å². The van der Waals surface area contributed by atoms with E-state index in [0.717, 1.165) is 46.1 Å². The van der Waals surface area contributed by atoms with Crippen molar-refractivity contribution in [2.24, 2.45) is 0 Å². The highest BCUT2D eigenvalue weighted by molar-refractivity contribution is 7.75. The van der Waals surface area contributed by atoms with E-state index in [1.807, 2.05) is 24.3 Å². The Balaban J connectivity index is 1.97. The minimum atomic E-state index is -0.820. The molecular weight excluding hydrogens is 422 g/mol. The summed E-state index contributed by atoms with van der Waals surface area (Å²) < 4.78 is 6.78. The number of aryl methyl sites for hydroxylation is 1. The number of hydrogen-bond donors (Lipinski definition) is 2. The molecule has 1 aliphatic rings. The van der Waals surface area contributed by atoms with Crippen molar-refractivity contribution < 1.29 is 18.9 Å². The summed E-state index contributed by atoms with van der Waals surface area (Å²) in [4.78, 5) is 23.6. The largest absolute Gasteiger partial charge is 0.481 e. The zero-order valence-electron chi connectivity index (χ0n) is 16.1. The number of aliphatic carboxylic acids is 1. The second-order valence-corrected chi connectivity index (χ2v) is 8.07. The molecule has 0 radical (unpaired) electrons. The second-order valence-electron chi connectivity index (χ2n) is 7.45. The Morgan fingerprint density at radius 2 is 2.03 bits per heavy atom. The maximum absolute atomic E-state index is 12.1. The number of carboxylic acid groups (broad SMARTS) is 1. The van der Waals surface area contributed by atoms with Gasteiger partial charge < -0.3 is 13.9 Å². The minimum absolute atomic E-state index is 0.0684. The van der Waals surface area contributed by atoms with Gasteiger partial charge in [-0.2, -0.15) is 0 Å². The van der Waals surface area contributed by atoms with Crippen LogP contribution < -0.4 is 0 Å². The Hall–Kier alpha value is -2.70. The van der Waals surface area contributed by atoms with Crippen LogP contribution >= 0.6 is 24.5 Å². The summed E-state index contributed by atoms with van der Waals surface area (Å²) in [5, 5.41) is 11.0. The van der Waals surface area contributed by atoms with Gasteiger partial charge in [-0.25, -0.2) is 4.79 Å². The van der Waals surface area contributed by atoms with Gasteiger partial charge >= 0.3 is 11.9 Å². The lowest BCUT2D eigenvalue weighted by Crippen LogP contribution is -2.11. The van der Waals surface area contributed by atoms with Crippen molar-refractivity contribution in [2.45, 2.75) is 31.7 Å². The molecule has 1 aliphatic carbocycles. The fourth-order valence-electron chi connectivity index (χ4n) is 4.47. The van der Waals surface area contributed by atoms with Gasteiger partial charge in [-0.15, -0.1) is 0 Å². The number of carbonyl (C=O) groups is 2. The summed E-state index contributed by atoms with van der Waals surface area (Å²) in [5.74, 6) is -1.45. The zero-order valence-corrected chi connectivity index (χ0v) is 17.7. The molecule has 1 aromatic heterocycles. The maximum Gasteiger partial charge on any atom is 0.349 e. The normalized spacial score (nSPS) is 15.2. The molecule has 30 heavy (non-hydrogen) atoms. The molecule has 1 heterocycles. The summed E-state index contributed by atoms with van der Waals surface area (Å²) >= 11 is 9.68. The average molecular weight is 442 g/mol. The van der Waals surface area contributed by atoms with Crippen LogP contribution in [0.4, 0.5) is 0 Å². The monoisotopic (exact) mass is 441 g/mol. The number of hydrogen-bond acceptors (Lipinski definition) is 4. The molecule has 1 unspecified atom stereocenters. The van der Waals surface area contributed by atoms with Gasteiger partial charge in [-0.1, -0.05) is 36.4 Å². The number of nitrogens with zero attached hydrogens (tertiary/aromatic N) is 1. The van der Waals surface area contributed by atoms with E-state index in [1.165, 1.54) is 0 Å². The van der Waals surface area contributed by atoms with E-state index in [0.29, 0.717) is 17.1 Å². The molecule has 1 N–H and O–H groups in total. The number of benzene rings is 2. The smallest absolute Gasteiger partial charge is 0.349 e. The van der Waals surface area contributed by atoms with E-state index in [-0.39, 0.29) is 12.3 Å². The number of halogens is 1. The van der Waals surface area contributed by atoms with Crippen molar-refractivity contribution in [1.82, 2.24) is 4.57 Å². The van der Waals surface area contributed by atoms with Crippen molar-refractivity contribution in [2.75, 3.05) is 0 Å². The number of carbonyl (C=O) groups excluding carboxylic acids is 1. The highest BCUT2D eigenvalue weighted by Gasteiger charge is 2.32. The third-order valence-corrected chi connectivity index (χ3v) is 6.10. The van der Waals surface area contributed by atoms with Gasteiger partial charge in [-0.05, 0) is 53.8 Å². The Morgan fingerprint density at radius 1 is 1.30 bits per heavy atom. The van der Waals surface area contributed by atoms with E-state index < -0.39 is 11.9 Å². The molecule has 5 nitrogen and oxygen atoms in total. The number of carboxylic acids is 1. The van der Waals surface area contributed by atoms with Crippen LogP contribution in [0.15, 0.2) is 43.0 Å². The fraction of sp³-hybridized carbons (Fsp3) is 0.217. The van der Waals surface area contributed by atoms with Crippen molar-refractivity contribution in [1.29, 1.82) is 0 Å². The van der Waals surface area contributed by atoms with Crippen molar-refractivity contribution >= 4 is 53.4 Å². The van der Waals surface area contributed by atoms with Crippen LogP contribution in [0, 0.1) is 0 Å². The summed E-state index contributed by atoms with van der Waals surface area (Å²) in [7, 11) is 0. The van der Waals surface area contributed by atoms with E-state index in [9.17, 15) is 14.7 Å². The van der Waals surface area contributed by atoms with Crippen molar-refractivity contribution in [3.05, 3.63) is 75.9 Å². The van der Waals surface area contributed by atoms with Crippen LogP contribution in [0.2, 0.25) is 5.02 Å². The average Bonchev–Trinajstić information content (AvgIpc) is 3.27. The van der Waals surface area contributed by atoms with Crippen LogP contribution in [0.3, 0.4) is 0 Å². The van der Waals surface area contributed by atoms with Crippen LogP contribution in [0.5, 0.6) is 0 Å². The van der Waals surface area contributed by atoms with Gasteiger partial charge in [0.25, 0.3) is 0 Å². The first-order chi connectivity index (χ1) is 14.4. The Kier molecular flexibility index (Phi) is 5.62. The number of aromatic nitrogens is 1. The maximum atomic E-state index is 12.1. The van der Waals surface area contributed by atoms with Crippen LogP contribution in [-0.4, -0.2) is 21.6 Å². The molecule has 154 valence electrons. The Labute approximate surface area is 184 Å². The van der Waals surface area contributed by atoms with Gasteiger partial charge in [-0.3, -0.25) is 4.79 Å². The molecule has 2 aromatic carbocycles. The topological polar surface area (TPSA) is 68.5 Å². The summed E-state index contributed by atoms with van der Waals surface area (Å²) in [6, 6.07) is 11.1. The predicted octanol–water partition coefficient (Wildman–Crippen LogP) is 5.49. The third kappa shape index (κ3) is 3.61. The third-order valence-electron chi connectivity index (χ3n) is 5.68. The zero-order chi connectivity index (χ0) is 21.4. The van der Waals surface area contributed by atoms with Crippen molar-refractivity contribution in [3.8, 4) is 0 Å². The SMILES string of the molecule is C=Cc1cc(C(=O)OS)cc2c3c(n(Cc4ccc(Cl)cc4)c12)C(CC(=O)O)CC3. The number of rotatable bonds is 6.